The van der Waals surface area contributed by atoms with Crippen LogP contribution in [0, 0.1) is 0 Å². The minimum atomic E-state index is -0.108. The molecule has 7 heteroatoms. The van der Waals surface area contributed by atoms with E-state index >= 15 is 0 Å². The van der Waals surface area contributed by atoms with Crippen molar-refractivity contribution in [3.8, 4) is 0 Å². The van der Waals surface area contributed by atoms with Gasteiger partial charge in [0.1, 0.15) is 0 Å². The van der Waals surface area contributed by atoms with E-state index in [1.165, 1.54) is 0 Å². The summed E-state index contributed by atoms with van der Waals surface area (Å²) < 4.78 is 0. The largest absolute Gasteiger partial charge is 0.397 e. The van der Waals surface area contributed by atoms with Crippen LogP contribution in [0.2, 0.25) is 5.02 Å². The summed E-state index contributed by atoms with van der Waals surface area (Å²) in [5.41, 5.74) is 6.72. The summed E-state index contributed by atoms with van der Waals surface area (Å²) in [6.45, 7) is 1.19. The van der Waals surface area contributed by atoms with E-state index in [-0.39, 0.29) is 11.8 Å². The first-order valence-electron chi connectivity index (χ1n) is 6.66. The van der Waals surface area contributed by atoms with Crippen LogP contribution >= 0.6 is 11.6 Å². The Morgan fingerprint density at radius 2 is 1.86 bits per heavy atom. The van der Waals surface area contributed by atoms with Gasteiger partial charge in [0.15, 0.2) is 0 Å². The molecule has 1 aromatic carbocycles. The van der Waals surface area contributed by atoms with Crippen LogP contribution < -0.4 is 16.4 Å². The number of hydrogen-bond acceptors (Lipinski definition) is 4. The molecule has 21 heavy (non-hydrogen) atoms. The number of amides is 2. The molecule has 0 aromatic heterocycles. The molecule has 1 rings (SSSR count). The summed E-state index contributed by atoms with van der Waals surface area (Å²) in [4.78, 5) is 24.9. The molecule has 0 fully saturated rings. The molecule has 4 N–H and O–H groups in total. The van der Waals surface area contributed by atoms with E-state index < -0.39 is 0 Å². The molecule has 0 spiro atoms. The maximum Gasteiger partial charge on any atom is 0.225 e. The van der Waals surface area contributed by atoms with Crippen molar-refractivity contribution in [1.29, 1.82) is 0 Å². The van der Waals surface area contributed by atoms with Gasteiger partial charge in [0.2, 0.25) is 11.8 Å². The number of hydrogen-bond donors (Lipinski definition) is 3. The Kier molecular flexibility index (Phi) is 6.98. The van der Waals surface area contributed by atoms with Gasteiger partial charge in [-0.15, -0.1) is 0 Å². The Bertz CT molecular complexity index is 508. The quantitative estimate of drug-likeness (QED) is 0.663. The molecule has 0 unspecified atom stereocenters. The zero-order valence-corrected chi connectivity index (χ0v) is 13.0. The molecule has 0 aliphatic rings. The van der Waals surface area contributed by atoms with Crippen molar-refractivity contribution in [3.63, 3.8) is 0 Å². The summed E-state index contributed by atoms with van der Waals surface area (Å²) >= 11 is 5.82. The minimum absolute atomic E-state index is 0.0112. The number of nitrogens with zero attached hydrogens (tertiary/aromatic N) is 1. The number of carbonyl (C=O) groups excluding carboxylic acids is 2. The molecule has 116 valence electrons. The predicted octanol–water partition coefficient (Wildman–Crippen LogP) is 1.32. The number of nitrogens with one attached hydrogen (secondary N) is 2. The zero-order valence-electron chi connectivity index (χ0n) is 12.3. The van der Waals surface area contributed by atoms with Crippen molar-refractivity contribution < 1.29 is 9.59 Å². The molecular weight excluding hydrogens is 292 g/mol. The first-order chi connectivity index (χ1) is 9.92. The molecule has 6 nitrogen and oxygen atoms in total. The monoisotopic (exact) mass is 312 g/mol. The van der Waals surface area contributed by atoms with E-state index in [1.54, 1.807) is 25.2 Å². The van der Waals surface area contributed by atoms with Crippen LogP contribution in [-0.2, 0) is 9.59 Å². The average Bonchev–Trinajstić information content (AvgIpc) is 2.46. The Morgan fingerprint density at radius 1 is 1.24 bits per heavy atom. The van der Waals surface area contributed by atoms with Crippen molar-refractivity contribution in [2.75, 3.05) is 38.2 Å². The zero-order chi connectivity index (χ0) is 15.8. The molecule has 0 bridgehead atoms. The predicted molar refractivity (Wildman–Crippen MR) is 85.3 cm³/mol. The van der Waals surface area contributed by atoms with Gasteiger partial charge in [0.05, 0.1) is 10.7 Å². The molecular formula is C14H21ClN4O2. The molecule has 0 atom stereocenters. The fraction of sp³-hybridized carbons (Fsp3) is 0.429. The van der Waals surface area contributed by atoms with Gasteiger partial charge in [0.25, 0.3) is 0 Å². The van der Waals surface area contributed by atoms with Gasteiger partial charge in [0, 0.05) is 38.7 Å². The third kappa shape index (κ3) is 6.46. The van der Waals surface area contributed by atoms with Gasteiger partial charge < -0.3 is 21.3 Å². The highest BCUT2D eigenvalue weighted by Crippen LogP contribution is 2.22. The van der Waals surface area contributed by atoms with E-state index in [4.69, 9.17) is 17.3 Å². The fourth-order valence-electron chi connectivity index (χ4n) is 1.67. The maximum absolute atomic E-state index is 11.8. The SMILES string of the molecule is CNC(=O)CCN(C)CCC(=O)Nc1ccc(Cl)c(N)c1. The summed E-state index contributed by atoms with van der Waals surface area (Å²) in [5.74, 6) is -0.119. The molecule has 0 aliphatic carbocycles. The van der Waals surface area contributed by atoms with Crippen LogP contribution in [0.15, 0.2) is 18.2 Å². The average molecular weight is 313 g/mol. The normalized spacial score (nSPS) is 10.5. The van der Waals surface area contributed by atoms with E-state index in [0.29, 0.717) is 42.3 Å². The van der Waals surface area contributed by atoms with Crippen LogP contribution in [0.4, 0.5) is 11.4 Å². The van der Waals surface area contributed by atoms with E-state index in [9.17, 15) is 9.59 Å². The molecule has 0 aliphatic heterocycles. The van der Waals surface area contributed by atoms with Gasteiger partial charge in [-0.25, -0.2) is 0 Å². The lowest BCUT2D eigenvalue weighted by molar-refractivity contribution is -0.120. The van der Waals surface area contributed by atoms with Crippen molar-refractivity contribution in [3.05, 3.63) is 23.2 Å². The topological polar surface area (TPSA) is 87.5 Å². The van der Waals surface area contributed by atoms with Crippen LogP contribution in [-0.4, -0.2) is 43.9 Å². The third-order valence-electron chi connectivity index (χ3n) is 3.00. The standard InChI is InChI=1S/C14H21ClN4O2/c1-17-13(20)5-7-19(2)8-6-14(21)18-10-3-4-11(15)12(16)9-10/h3-4,9H,5-8,16H2,1-2H3,(H,17,20)(H,18,21). The second-order valence-electron chi connectivity index (χ2n) is 4.76. The first kappa shape index (κ1) is 17.3. The van der Waals surface area contributed by atoms with Gasteiger partial charge >= 0.3 is 0 Å². The lowest BCUT2D eigenvalue weighted by atomic mass is 10.2. The summed E-state index contributed by atoms with van der Waals surface area (Å²) in [6, 6.07) is 4.96. The minimum Gasteiger partial charge on any atom is -0.397 e. The lowest BCUT2D eigenvalue weighted by Crippen LogP contribution is -2.29. The number of halogens is 1. The fourth-order valence-corrected chi connectivity index (χ4v) is 1.78. The Balaban J connectivity index is 2.33. The Morgan fingerprint density at radius 3 is 2.43 bits per heavy atom. The van der Waals surface area contributed by atoms with Gasteiger partial charge in [-0.05, 0) is 25.2 Å². The number of nitrogens with two attached hydrogens (primary N) is 1. The number of benzene rings is 1. The van der Waals surface area contributed by atoms with Crippen molar-refractivity contribution in [2.24, 2.45) is 0 Å². The highest BCUT2D eigenvalue weighted by Gasteiger charge is 2.07. The van der Waals surface area contributed by atoms with Crippen LogP contribution in [0.3, 0.4) is 0 Å². The van der Waals surface area contributed by atoms with Gasteiger partial charge in [-0.2, -0.15) is 0 Å². The van der Waals surface area contributed by atoms with Crippen molar-refractivity contribution in [1.82, 2.24) is 10.2 Å². The summed E-state index contributed by atoms with van der Waals surface area (Å²) in [5, 5.41) is 5.78. The molecule has 2 amide bonds. The van der Waals surface area contributed by atoms with Crippen LogP contribution in [0.1, 0.15) is 12.8 Å². The molecule has 0 heterocycles. The molecule has 1 aromatic rings. The van der Waals surface area contributed by atoms with Gasteiger partial charge in [-0.3, -0.25) is 9.59 Å². The summed E-state index contributed by atoms with van der Waals surface area (Å²) in [6.07, 6.45) is 0.759. The van der Waals surface area contributed by atoms with E-state index in [1.807, 2.05) is 11.9 Å². The second kappa shape index (κ2) is 8.49. The van der Waals surface area contributed by atoms with Gasteiger partial charge in [-0.1, -0.05) is 11.6 Å². The van der Waals surface area contributed by atoms with E-state index in [2.05, 4.69) is 10.6 Å². The highest BCUT2D eigenvalue weighted by atomic mass is 35.5. The first-order valence-corrected chi connectivity index (χ1v) is 7.04. The Hall–Kier alpha value is -1.79. The van der Waals surface area contributed by atoms with Crippen LogP contribution in [0.5, 0.6) is 0 Å². The summed E-state index contributed by atoms with van der Waals surface area (Å²) in [7, 11) is 3.48. The maximum atomic E-state index is 11.8. The molecule has 0 saturated heterocycles. The number of nitrogen functional groups attached to an aromatic ring is 1. The second-order valence-corrected chi connectivity index (χ2v) is 5.17. The molecule has 0 radical (unpaired) electrons. The lowest BCUT2D eigenvalue weighted by Gasteiger charge is -2.15. The van der Waals surface area contributed by atoms with Crippen molar-refractivity contribution in [2.45, 2.75) is 12.8 Å². The highest BCUT2D eigenvalue weighted by molar-refractivity contribution is 6.33. The van der Waals surface area contributed by atoms with Crippen molar-refractivity contribution >= 4 is 34.8 Å². The smallest absolute Gasteiger partial charge is 0.225 e. The number of carbonyl (C=O) groups is 2. The Labute approximate surface area is 129 Å². The van der Waals surface area contributed by atoms with E-state index in [0.717, 1.165) is 0 Å². The molecule has 0 saturated carbocycles. The number of anilines is 2. The number of rotatable bonds is 7. The van der Waals surface area contributed by atoms with Crippen LogP contribution in [0.25, 0.3) is 0 Å². The third-order valence-corrected chi connectivity index (χ3v) is 3.34.